The number of anilines is 1. The molecule has 0 radical (unpaired) electrons. The minimum atomic E-state index is -0.726. The van der Waals surface area contributed by atoms with E-state index < -0.39 is 5.41 Å². The van der Waals surface area contributed by atoms with Crippen LogP contribution in [0.1, 0.15) is 36.1 Å². The zero-order chi connectivity index (χ0) is 18.7. The minimum Gasteiger partial charge on any atom is -0.392 e. The van der Waals surface area contributed by atoms with Crippen molar-refractivity contribution < 1.29 is 9.90 Å². The molecule has 2 aromatic rings. The second-order valence-corrected chi connectivity index (χ2v) is 6.92. The van der Waals surface area contributed by atoms with E-state index in [1.165, 1.54) is 0 Å². The number of nitriles is 1. The van der Waals surface area contributed by atoms with Crippen molar-refractivity contribution >= 4 is 11.7 Å². The summed E-state index contributed by atoms with van der Waals surface area (Å²) in [6, 6.07) is 15.9. The summed E-state index contributed by atoms with van der Waals surface area (Å²) in [4.78, 5) is 13.8. The van der Waals surface area contributed by atoms with E-state index in [0.717, 1.165) is 27.9 Å². The van der Waals surface area contributed by atoms with Gasteiger partial charge in [0, 0.05) is 18.8 Å². The standard InChI is InChI=1S/C21H23N3O2/c1-3-24-12-17-7-8-18(10-19(17)23-20(24)26)21(2,14-22)11-15-5-4-6-16(9-15)13-25/h4-10,25H,3,11-13H2,1-2H3,(H,23,26). The Hall–Kier alpha value is -2.84. The number of hydrogen-bond acceptors (Lipinski definition) is 3. The Morgan fingerprint density at radius 2 is 2.04 bits per heavy atom. The Labute approximate surface area is 153 Å². The number of fused-ring (bicyclic) bond motifs is 1. The van der Waals surface area contributed by atoms with E-state index in [9.17, 15) is 15.2 Å². The highest BCUT2D eigenvalue weighted by molar-refractivity contribution is 5.92. The van der Waals surface area contributed by atoms with Crippen LogP contribution in [-0.2, 0) is 25.0 Å². The quantitative estimate of drug-likeness (QED) is 0.866. The molecule has 0 fully saturated rings. The lowest BCUT2D eigenvalue weighted by molar-refractivity contribution is 0.210. The number of carbonyl (C=O) groups excluding carboxylic acids is 1. The van der Waals surface area contributed by atoms with E-state index in [4.69, 9.17) is 0 Å². The molecule has 1 aliphatic heterocycles. The van der Waals surface area contributed by atoms with E-state index in [-0.39, 0.29) is 12.6 Å². The summed E-state index contributed by atoms with van der Waals surface area (Å²) in [6.07, 6.45) is 0.533. The van der Waals surface area contributed by atoms with Crippen molar-refractivity contribution in [3.63, 3.8) is 0 Å². The molecule has 0 aromatic heterocycles. The second-order valence-electron chi connectivity index (χ2n) is 6.92. The monoisotopic (exact) mass is 349 g/mol. The Kier molecular flexibility index (Phi) is 4.97. The predicted octanol–water partition coefficient (Wildman–Crippen LogP) is 3.57. The van der Waals surface area contributed by atoms with Crippen LogP contribution in [0.4, 0.5) is 10.5 Å². The van der Waals surface area contributed by atoms with Gasteiger partial charge in [-0.15, -0.1) is 0 Å². The summed E-state index contributed by atoms with van der Waals surface area (Å²) in [5, 5.41) is 22.1. The first-order chi connectivity index (χ1) is 12.5. The van der Waals surface area contributed by atoms with Crippen molar-refractivity contribution in [1.29, 1.82) is 5.26 Å². The predicted molar refractivity (Wildman–Crippen MR) is 101 cm³/mol. The molecule has 1 unspecified atom stereocenters. The van der Waals surface area contributed by atoms with Crippen molar-refractivity contribution in [3.05, 3.63) is 64.7 Å². The summed E-state index contributed by atoms with van der Waals surface area (Å²) in [5.41, 5.74) is 3.81. The van der Waals surface area contributed by atoms with E-state index in [1.54, 1.807) is 4.90 Å². The maximum Gasteiger partial charge on any atom is 0.322 e. The molecule has 5 heteroatoms. The lowest BCUT2D eigenvalue weighted by Crippen LogP contribution is -2.38. The number of aliphatic hydroxyl groups excluding tert-OH is 1. The van der Waals surface area contributed by atoms with Crippen LogP contribution in [0.25, 0.3) is 0 Å². The van der Waals surface area contributed by atoms with Crippen molar-refractivity contribution in [3.8, 4) is 6.07 Å². The number of urea groups is 1. The number of benzene rings is 2. The molecular formula is C21H23N3O2. The molecule has 5 nitrogen and oxygen atoms in total. The molecule has 0 saturated heterocycles. The molecule has 1 heterocycles. The van der Waals surface area contributed by atoms with Gasteiger partial charge in [0.1, 0.15) is 0 Å². The fourth-order valence-electron chi connectivity index (χ4n) is 3.35. The first kappa shape index (κ1) is 18.0. The van der Waals surface area contributed by atoms with Gasteiger partial charge in [-0.05, 0) is 48.6 Å². The van der Waals surface area contributed by atoms with Gasteiger partial charge in [0.05, 0.1) is 18.1 Å². The van der Waals surface area contributed by atoms with Gasteiger partial charge in [-0.25, -0.2) is 4.79 Å². The third kappa shape index (κ3) is 3.42. The van der Waals surface area contributed by atoms with Crippen LogP contribution in [-0.4, -0.2) is 22.6 Å². The van der Waals surface area contributed by atoms with E-state index >= 15 is 0 Å². The lowest BCUT2D eigenvalue weighted by Gasteiger charge is -2.30. The molecular weight excluding hydrogens is 326 g/mol. The average Bonchev–Trinajstić information content (AvgIpc) is 2.67. The third-order valence-electron chi connectivity index (χ3n) is 5.00. The maximum atomic E-state index is 12.1. The number of nitrogens with zero attached hydrogens (tertiary/aromatic N) is 2. The SMILES string of the molecule is CCN1Cc2ccc(C(C)(C#N)Cc3cccc(CO)c3)cc2NC1=O. The molecule has 26 heavy (non-hydrogen) atoms. The lowest BCUT2D eigenvalue weighted by atomic mass is 9.78. The number of aliphatic hydroxyl groups is 1. The van der Waals surface area contributed by atoms with Crippen LogP contribution in [0, 0.1) is 11.3 Å². The molecule has 134 valence electrons. The molecule has 2 N–H and O–H groups in total. The number of rotatable bonds is 5. The van der Waals surface area contributed by atoms with E-state index in [0.29, 0.717) is 19.5 Å². The summed E-state index contributed by atoms with van der Waals surface area (Å²) in [5.74, 6) is 0. The fraction of sp³-hybridized carbons (Fsp3) is 0.333. The van der Waals surface area contributed by atoms with Crippen LogP contribution in [0.5, 0.6) is 0 Å². The van der Waals surface area contributed by atoms with Gasteiger partial charge >= 0.3 is 6.03 Å². The van der Waals surface area contributed by atoms with Gasteiger partial charge < -0.3 is 15.3 Å². The number of hydrogen-bond donors (Lipinski definition) is 2. The smallest absolute Gasteiger partial charge is 0.322 e. The largest absolute Gasteiger partial charge is 0.392 e. The Balaban J connectivity index is 1.92. The van der Waals surface area contributed by atoms with Crippen molar-refractivity contribution in [2.45, 2.75) is 38.8 Å². The van der Waals surface area contributed by atoms with Crippen LogP contribution >= 0.6 is 0 Å². The zero-order valence-corrected chi connectivity index (χ0v) is 15.1. The molecule has 1 atom stereocenters. The van der Waals surface area contributed by atoms with Crippen molar-refractivity contribution in [2.24, 2.45) is 0 Å². The molecule has 0 bridgehead atoms. The van der Waals surface area contributed by atoms with Crippen LogP contribution in [0.15, 0.2) is 42.5 Å². The van der Waals surface area contributed by atoms with Crippen LogP contribution in [0.2, 0.25) is 0 Å². The average molecular weight is 349 g/mol. The summed E-state index contributed by atoms with van der Waals surface area (Å²) in [7, 11) is 0. The summed E-state index contributed by atoms with van der Waals surface area (Å²) >= 11 is 0. The van der Waals surface area contributed by atoms with Gasteiger partial charge in [0.25, 0.3) is 0 Å². The second kappa shape index (κ2) is 7.19. The topological polar surface area (TPSA) is 76.4 Å². The molecule has 2 aromatic carbocycles. The third-order valence-corrected chi connectivity index (χ3v) is 5.00. The maximum absolute atomic E-state index is 12.1. The fourth-order valence-corrected chi connectivity index (χ4v) is 3.35. The minimum absolute atomic E-state index is 0.0179. The molecule has 0 spiro atoms. The Bertz CT molecular complexity index is 872. The highest BCUT2D eigenvalue weighted by Crippen LogP contribution is 2.33. The van der Waals surface area contributed by atoms with Crippen molar-refractivity contribution in [1.82, 2.24) is 4.90 Å². The van der Waals surface area contributed by atoms with Gasteiger partial charge in [-0.2, -0.15) is 5.26 Å². The van der Waals surface area contributed by atoms with Gasteiger partial charge in [0.15, 0.2) is 0 Å². The summed E-state index contributed by atoms with van der Waals surface area (Å²) < 4.78 is 0. The number of amides is 2. The van der Waals surface area contributed by atoms with Crippen LogP contribution in [0.3, 0.4) is 0 Å². The van der Waals surface area contributed by atoms with Gasteiger partial charge in [0.2, 0.25) is 0 Å². The van der Waals surface area contributed by atoms with Gasteiger partial charge in [-0.3, -0.25) is 0 Å². The molecule has 0 saturated carbocycles. The first-order valence-corrected chi connectivity index (χ1v) is 8.78. The Morgan fingerprint density at radius 3 is 2.73 bits per heavy atom. The highest BCUT2D eigenvalue weighted by Gasteiger charge is 2.29. The van der Waals surface area contributed by atoms with Crippen LogP contribution < -0.4 is 5.32 Å². The number of carbonyl (C=O) groups is 1. The highest BCUT2D eigenvalue weighted by atomic mass is 16.3. The first-order valence-electron chi connectivity index (χ1n) is 8.78. The summed E-state index contributed by atoms with van der Waals surface area (Å²) in [6.45, 7) is 5.08. The van der Waals surface area contributed by atoms with E-state index in [1.807, 2.05) is 56.3 Å². The molecule has 1 aliphatic rings. The molecule has 2 amide bonds. The van der Waals surface area contributed by atoms with Crippen molar-refractivity contribution in [2.75, 3.05) is 11.9 Å². The number of nitrogens with one attached hydrogen (secondary N) is 1. The Morgan fingerprint density at radius 1 is 1.27 bits per heavy atom. The molecule has 0 aliphatic carbocycles. The zero-order valence-electron chi connectivity index (χ0n) is 15.1. The molecule has 3 rings (SSSR count). The normalized spacial score (nSPS) is 15.6. The van der Waals surface area contributed by atoms with E-state index in [2.05, 4.69) is 11.4 Å². The van der Waals surface area contributed by atoms with Gasteiger partial charge in [-0.1, -0.05) is 36.4 Å².